The summed E-state index contributed by atoms with van der Waals surface area (Å²) in [5.74, 6) is 0. The van der Waals surface area contributed by atoms with Gasteiger partial charge >= 0.3 is 0 Å². The van der Waals surface area contributed by atoms with Gasteiger partial charge in [0, 0.05) is 0 Å². The zero-order chi connectivity index (χ0) is 9.72. The summed E-state index contributed by atoms with van der Waals surface area (Å²) in [6.07, 6.45) is 0.0862. The van der Waals surface area contributed by atoms with E-state index in [1.165, 1.54) is 0 Å². The van der Waals surface area contributed by atoms with Crippen LogP contribution in [0.4, 0.5) is 0 Å². The Bertz CT molecular complexity index is 122. The van der Waals surface area contributed by atoms with E-state index in [1.807, 2.05) is 0 Å². The van der Waals surface area contributed by atoms with E-state index in [1.54, 1.807) is 0 Å². The Morgan fingerprint density at radius 1 is 1.08 bits per heavy atom. The van der Waals surface area contributed by atoms with Crippen molar-refractivity contribution in [3.63, 3.8) is 0 Å². The van der Waals surface area contributed by atoms with Crippen LogP contribution in [0.5, 0.6) is 0 Å². The summed E-state index contributed by atoms with van der Waals surface area (Å²) in [4.78, 5) is -0.258. The highest BCUT2D eigenvalue weighted by Crippen LogP contribution is 2.24. The number of hydrogen-bond acceptors (Lipinski definition) is 2. The van der Waals surface area contributed by atoms with Crippen LogP contribution in [-0.4, -0.2) is 36.3 Å². The van der Waals surface area contributed by atoms with Gasteiger partial charge in [-0.25, -0.2) is 0 Å². The Balaban J connectivity index is 3.83. The summed E-state index contributed by atoms with van der Waals surface area (Å²) in [5, 5.41) is 18.3. The summed E-state index contributed by atoms with van der Waals surface area (Å²) >= 11 is 13.1. The van der Waals surface area contributed by atoms with Crippen molar-refractivity contribution in [2.45, 2.75) is 25.9 Å². The lowest BCUT2D eigenvalue weighted by atomic mass is 10.1. The Labute approximate surface area is 106 Å². The highest BCUT2D eigenvalue weighted by molar-refractivity contribution is 9.24. The Kier molecular flexibility index (Phi) is 8.27. The Hall–Kier alpha value is 1.84. The average molecular weight is 434 g/mol. The summed E-state index contributed by atoms with van der Waals surface area (Å²) in [6.45, 7) is 0.00220. The fraction of sp³-hybridized carbons (Fsp3) is 1.00. The number of aliphatic hydroxyl groups excluding tert-OH is 2. The molecule has 6 heteroatoms. The standard InChI is InChI=1S/C6H10Br4O2/c7-3(2-11)6(10)4(12)1-5(8)9/h3-6,11-12H,1-2H2. The normalized spacial score (nSPS) is 19.2. The van der Waals surface area contributed by atoms with E-state index in [0.717, 1.165) is 0 Å². The van der Waals surface area contributed by atoms with Gasteiger partial charge in [-0.1, -0.05) is 63.7 Å². The largest absolute Gasteiger partial charge is 0.395 e. The van der Waals surface area contributed by atoms with Crippen molar-refractivity contribution in [1.29, 1.82) is 0 Å². The lowest BCUT2D eigenvalue weighted by molar-refractivity contribution is 0.158. The summed E-state index contributed by atoms with van der Waals surface area (Å²) in [7, 11) is 0. The molecule has 0 saturated heterocycles. The van der Waals surface area contributed by atoms with Crippen LogP contribution in [0, 0.1) is 0 Å². The third kappa shape index (κ3) is 5.54. The predicted octanol–water partition coefficient (Wildman–Crippen LogP) is 2.37. The zero-order valence-electron chi connectivity index (χ0n) is 6.13. The number of hydrogen-bond donors (Lipinski definition) is 2. The van der Waals surface area contributed by atoms with Crippen LogP contribution in [0.25, 0.3) is 0 Å². The maximum Gasteiger partial charge on any atom is 0.0722 e. The molecule has 12 heavy (non-hydrogen) atoms. The van der Waals surface area contributed by atoms with Gasteiger partial charge < -0.3 is 10.2 Å². The maximum absolute atomic E-state index is 9.54. The number of alkyl halides is 4. The van der Waals surface area contributed by atoms with Crippen LogP contribution in [-0.2, 0) is 0 Å². The molecule has 3 unspecified atom stereocenters. The van der Waals surface area contributed by atoms with E-state index in [9.17, 15) is 5.11 Å². The first kappa shape index (κ1) is 13.8. The second kappa shape index (κ2) is 7.17. The van der Waals surface area contributed by atoms with Gasteiger partial charge in [-0.2, -0.15) is 0 Å². The minimum atomic E-state index is -0.495. The molecule has 0 heterocycles. The smallest absolute Gasteiger partial charge is 0.0722 e. The van der Waals surface area contributed by atoms with E-state index in [2.05, 4.69) is 63.7 Å². The fourth-order valence-corrected chi connectivity index (χ4v) is 2.16. The molecule has 2 N–H and O–H groups in total. The maximum atomic E-state index is 9.54. The number of halogens is 4. The average Bonchev–Trinajstić information content (AvgIpc) is 2.00. The van der Waals surface area contributed by atoms with Gasteiger partial charge in [0.25, 0.3) is 0 Å². The molecule has 0 radical (unpaired) electrons. The van der Waals surface area contributed by atoms with Crippen molar-refractivity contribution in [2.24, 2.45) is 0 Å². The minimum absolute atomic E-state index is 0.00220. The summed E-state index contributed by atoms with van der Waals surface area (Å²) in [6, 6.07) is 0. The predicted molar refractivity (Wildman–Crippen MR) is 64.8 cm³/mol. The molecule has 0 aromatic carbocycles. The fourth-order valence-electron chi connectivity index (χ4n) is 0.654. The first-order chi connectivity index (χ1) is 5.49. The third-order valence-electron chi connectivity index (χ3n) is 1.31. The first-order valence-corrected chi connectivity index (χ1v) is 7.00. The minimum Gasteiger partial charge on any atom is -0.395 e. The Morgan fingerprint density at radius 3 is 1.92 bits per heavy atom. The molecule has 0 aromatic rings. The van der Waals surface area contributed by atoms with Crippen LogP contribution in [0.3, 0.4) is 0 Å². The van der Waals surface area contributed by atoms with Gasteiger partial charge in [0.05, 0.1) is 26.1 Å². The van der Waals surface area contributed by atoms with Gasteiger partial charge in [-0.15, -0.1) is 0 Å². The molecule has 0 saturated carbocycles. The molecule has 0 bridgehead atoms. The SMILES string of the molecule is OCC(Br)C(Br)C(O)CC(Br)Br. The molecule has 0 amide bonds. The molecule has 3 atom stereocenters. The van der Waals surface area contributed by atoms with Gasteiger partial charge in [0.2, 0.25) is 0 Å². The van der Waals surface area contributed by atoms with E-state index in [0.29, 0.717) is 6.42 Å². The van der Waals surface area contributed by atoms with E-state index in [-0.39, 0.29) is 20.0 Å². The molecule has 0 aromatic heterocycles. The molecule has 0 rings (SSSR count). The van der Waals surface area contributed by atoms with Gasteiger partial charge in [0.1, 0.15) is 0 Å². The molecule has 74 valence electrons. The molecule has 0 aliphatic rings. The second-order valence-electron chi connectivity index (χ2n) is 2.34. The lowest BCUT2D eigenvalue weighted by Gasteiger charge is -2.21. The highest BCUT2D eigenvalue weighted by Gasteiger charge is 2.24. The molecule has 0 aliphatic heterocycles. The van der Waals surface area contributed by atoms with Crippen molar-refractivity contribution in [3.8, 4) is 0 Å². The van der Waals surface area contributed by atoms with Crippen molar-refractivity contribution in [3.05, 3.63) is 0 Å². The van der Waals surface area contributed by atoms with Crippen LogP contribution in [0.15, 0.2) is 0 Å². The molecule has 2 nitrogen and oxygen atoms in total. The Morgan fingerprint density at radius 2 is 1.58 bits per heavy atom. The zero-order valence-corrected chi connectivity index (χ0v) is 12.5. The van der Waals surface area contributed by atoms with Crippen LogP contribution < -0.4 is 0 Å². The van der Waals surface area contributed by atoms with Gasteiger partial charge in [-0.05, 0) is 6.42 Å². The van der Waals surface area contributed by atoms with Crippen LogP contribution in [0.1, 0.15) is 6.42 Å². The number of aliphatic hydroxyl groups is 2. The molecule has 0 fully saturated rings. The van der Waals surface area contributed by atoms with Crippen LogP contribution >= 0.6 is 63.7 Å². The molecular formula is C6H10Br4O2. The topological polar surface area (TPSA) is 40.5 Å². The van der Waals surface area contributed by atoms with Crippen LogP contribution in [0.2, 0.25) is 0 Å². The first-order valence-electron chi connectivity index (χ1n) is 3.34. The summed E-state index contributed by atoms with van der Waals surface area (Å²) < 4.78 is 0.0958. The molecular weight excluding hydrogens is 424 g/mol. The van der Waals surface area contributed by atoms with Crippen molar-refractivity contribution in [2.75, 3.05) is 6.61 Å². The quantitative estimate of drug-likeness (QED) is 0.654. The monoisotopic (exact) mass is 430 g/mol. The summed E-state index contributed by atoms with van der Waals surface area (Å²) in [5.41, 5.74) is 0. The van der Waals surface area contributed by atoms with Crippen molar-refractivity contribution in [1.82, 2.24) is 0 Å². The molecule has 0 aliphatic carbocycles. The van der Waals surface area contributed by atoms with E-state index >= 15 is 0 Å². The lowest BCUT2D eigenvalue weighted by Crippen LogP contribution is -2.32. The van der Waals surface area contributed by atoms with Gasteiger partial charge in [-0.3, -0.25) is 0 Å². The highest BCUT2D eigenvalue weighted by atomic mass is 79.9. The van der Waals surface area contributed by atoms with Gasteiger partial charge in [0.15, 0.2) is 0 Å². The van der Waals surface area contributed by atoms with Crippen molar-refractivity contribution >= 4 is 63.7 Å². The molecule has 0 spiro atoms. The third-order valence-corrected chi connectivity index (χ3v) is 4.87. The number of rotatable bonds is 5. The van der Waals surface area contributed by atoms with E-state index < -0.39 is 6.10 Å². The van der Waals surface area contributed by atoms with E-state index in [4.69, 9.17) is 5.11 Å². The second-order valence-corrected chi connectivity index (χ2v) is 8.01. The van der Waals surface area contributed by atoms with Crippen molar-refractivity contribution < 1.29 is 10.2 Å².